The summed E-state index contributed by atoms with van der Waals surface area (Å²) in [5.41, 5.74) is 0.0284. The van der Waals surface area contributed by atoms with Gasteiger partial charge in [0.15, 0.2) is 11.5 Å². The number of dihydropyridines is 1. The van der Waals surface area contributed by atoms with E-state index in [0.29, 0.717) is 47.3 Å². The molecule has 0 bridgehead atoms. The molecule has 4 heterocycles. The van der Waals surface area contributed by atoms with E-state index in [4.69, 9.17) is 14.2 Å². The van der Waals surface area contributed by atoms with Gasteiger partial charge in [-0.25, -0.2) is 0 Å². The van der Waals surface area contributed by atoms with Crippen LogP contribution in [0.4, 0.5) is 18.9 Å². The standard InChI is InChI=1S/C24H19F3N2O4/c25-24(26,27)15-5-6-28-11-14(15)12-29-18-4-2-1-3-16(18)23(22(29)30)13-33-19-10-21-20(9-17(19)23)31-7-8-32-21/h1-5,9-11,28H,6-8,12-13H2. The van der Waals surface area contributed by atoms with Crippen LogP contribution in [0.3, 0.4) is 0 Å². The molecule has 0 fully saturated rings. The van der Waals surface area contributed by atoms with Crippen LogP contribution in [-0.4, -0.2) is 45.0 Å². The second-order valence-corrected chi connectivity index (χ2v) is 8.29. The first-order valence-corrected chi connectivity index (χ1v) is 10.6. The van der Waals surface area contributed by atoms with Crippen LogP contribution in [0.5, 0.6) is 17.2 Å². The Bertz CT molecular complexity index is 1240. The monoisotopic (exact) mass is 456 g/mol. The Labute approximate surface area is 187 Å². The van der Waals surface area contributed by atoms with Gasteiger partial charge in [-0.15, -0.1) is 0 Å². The number of nitrogens with zero attached hydrogens (tertiary/aromatic N) is 1. The average molecular weight is 456 g/mol. The minimum atomic E-state index is -4.51. The van der Waals surface area contributed by atoms with Gasteiger partial charge in [-0.3, -0.25) is 4.79 Å². The molecule has 1 atom stereocenters. The molecule has 0 aromatic heterocycles. The molecule has 33 heavy (non-hydrogen) atoms. The van der Waals surface area contributed by atoms with Gasteiger partial charge >= 0.3 is 6.18 Å². The summed E-state index contributed by atoms with van der Waals surface area (Å²) in [5.74, 6) is 1.26. The van der Waals surface area contributed by atoms with Crippen molar-refractivity contribution in [1.82, 2.24) is 5.32 Å². The highest BCUT2D eigenvalue weighted by molar-refractivity contribution is 6.12. The van der Waals surface area contributed by atoms with E-state index < -0.39 is 17.2 Å². The summed E-state index contributed by atoms with van der Waals surface area (Å²) < 4.78 is 58.2. The van der Waals surface area contributed by atoms with Gasteiger partial charge in [-0.05, 0) is 23.3 Å². The van der Waals surface area contributed by atoms with Crippen LogP contribution in [0.15, 0.2) is 59.8 Å². The van der Waals surface area contributed by atoms with Crippen molar-refractivity contribution in [2.45, 2.75) is 11.6 Å². The molecule has 0 saturated carbocycles. The highest BCUT2D eigenvalue weighted by Gasteiger charge is 2.57. The van der Waals surface area contributed by atoms with Gasteiger partial charge in [0.2, 0.25) is 5.91 Å². The predicted molar refractivity (Wildman–Crippen MR) is 113 cm³/mol. The van der Waals surface area contributed by atoms with Gasteiger partial charge in [-0.1, -0.05) is 24.3 Å². The van der Waals surface area contributed by atoms with Crippen molar-refractivity contribution in [1.29, 1.82) is 0 Å². The van der Waals surface area contributed by atoms with Crippen LogP contribution >= 0.6 is 0 Å². The number of carbonyl (C=O) groups is 1. The number of hydrogen-bond acceptors (Lipinski definition) is 5. The number of amides is 1. The number of hydrogen-bond donors (Lipinski definition) is 1. The molecule has 6 nitrogen and oxygen atoms in total. The van der Waals surface area contributed by atoms with E-state index in [9.17, 15) is 18.0 Å². The van der Waals surface area contributed by atoms with Crippen molar-refractivity contribution in [2.75, 3.05) is 37.8 Å². The zero-order valence-corrected chi connectivity index (χ0v) is 17.4. The minimum absolute atomic E-state index is 0.00951. The molecule has 9 heteroatoms. The first-order chi connectivity index (χ1) is 15.9. The Kier molecular flexibility index (Phi) is 4.21. The van der Waals surface area contributed by atoms with Crippen molar-refractivity contribution >= 4 is 11.6 Å². The number of ether oxygens (including phenoxy) is 3. The third-order valence-electron chi connectivity index (χ3n) is 6.49. The molecular formula is C24H19F3N2O4. The Morgan fingerprint density at radius 2 is 1.76 bits per heavy atom. The summed E-state index contributed by atoms with van der Waals surface area (Å²) in [7, 11) is 0. The smallest absolute Gasteiger partial charge is 0.416 e. The Morgan fingerprint density at radius 3 is 2.55 bits per heavy atom. The van der Waals surface area contributed by atoms with E-state index in [-0.39, 0.29) is 31.2 Å². The largest absolute Gasteiger partial charge is 0.491 e. The van der Waals surface area contributed by atoms with E-state index in [0.717, 1.165) is 6.08 Å². The van der Waals surface area contributed by atoms with Crippen LogP contribution in [0, 0.1) is 0 Å². The van der Waals surface area contributed by atoms with Crippen molar-refractivity contribution in [3.8, 4) is 17.2 Å². The Balaban J connectivity index is 1.45. The lowest BCUT2D eigenvalue weighted by molar-refractivity contribution is -0.122. The van der Waals surface area contributed by atoms with E-state index >= 15 is 0 Å². The van der Waals surface area contributed by atoms with Gasteiger partial charge < -0.3 is 24.4 Å². The predicted octanol–water partition coefficient (Wildman–Crippen LogP) is 3.46. The molecular weight excluding hydrogens is 437 g/mol. The second-order valence-electron chi connectivity index (χ2n) is 8.29. The highest BCUT2D eigenvalue weighted by Crippen LogP contribution is 2.55. The molecule has 4 aliphatic rings. The van der Waals surface area contributed by atoms with Gasteiger partial charge in [0, 0.05) is 30.1 Å². The molecule has 1 unspecified atom stereocenters. The maximum atomic E-state index is 14.0. The second kappa shape index (κ2) is 6.94. The molecule has 1 N–H and O–H groups in total. The number of nitrogens with one attached hydrogen (secondary N) is 1. The number of benzene rings is 2. The summed E-state index contributed by atoms with van der Waals surface area (Å²) in [6.45, 7) is 0.739. The lowest BCUT2D eigenvalue weighted by Crippen LogP contribution is -2.44. The summed E-state index contributed by atoms with van der Waals surface area (Å²) in [6.07, 6.45) is -2.06. The molecule has 0 radical (unpaired) electrons. The van der Waals surface area contributed by atoms with Crippen molar-refractivity contribution in [2.24, 2.45) is 0 Å². The Hall–Kier alpha value is -3.62. The van der Waals surface area contributed by atoms with Gasteiger partial charge in [-0.2, -0.15) is 13.2 Å². The van der Waals surface area contributed by atoms with Gasteiger partial charge in [0.1, 0.15) is 31.0 Å². The Morgan fingerprint density at radius 1 is 1.00 bits per heavy atom. The molecule has 170 valence electrons. The highest BCUT2D eigenvalue weighted by atomic mass is 19.4. The number of fused-ring (bicyclic) bond motifs is 5. The lowest BCUT2D eigenvalue weighted by atomic mass is 9.77. The average Bonchev–Trinajstić information content (AvgIpc) is 3.29. The maximum absolute atomic E-state index is 14.0. The third kappa shape index (κ3) is 2.84. The van der Waals surface area contributed by atoms with Gasteiger partial charge in [0.05, 0.1) is 12.1 Å². The number of carbonyl (C=O) groups excluding carboxylic acids is 1. The third-order valence-corrected chi connectivity index (χ3v) is 6.49. The SMILES string of the molecule is O=C1N(CC2=CNCC=C2C(F)(F)F)c2ccccc2C12COc1cc3c(cc12)OCCO3. The summed E-state index contributed by atoms with van der Waals surface area (Å²) in [6, 6.07) is 10.7. The fourth-order valence-corrected chi connectivity index (χ4v) is 5.02. The quantitative estimate of drug-likeness (QED) is 0.750. The summed E-state index contributed by atoms with van der Waals surface area (Å²) >= 11 is 0. The molecule has 1 spiro atoms. The number of alkyl halides is 3. The van der Waals surface area contributed by atoms with Crippen molar-refractivity contribution in [3.05, 3.63) is 70.9 Å². The molecule has 4 aliphatic heterocycles. The van der Waals surface area contributed by atoms with Crippen LogP contribution in [-0.2, 0) is 10.2 Å². The van der Waals surface area contributed by atoms with E-state index in [1.807, 2.05) is 12.1 Å². The van der Waals surface area contributed by atoms with Crippen LogP contribution in [0.2, 0.25) is 0 Å². The first-order valence-electron chi connectivity index (χ1n) is 10.6. The zero-order chi connectivity index (χ0) is 22.8. The zero-order valence-electron chi connectivity index (χ0n) is 17.4. The van der Waals surface area contributed by atoms with E-state index in [1.165, 1.54) is 11.1 Å². The topological polar surface area (TPSA) is 60.0 Å². The number of para-hydroxylation sites is 1. The summed E-state index contributed by atoms with van der Waals surface area (Å²) in [4.78, 5) is 15.4. The van der Waals surface area contributed by atoms with Crippen LogP contribution in [0.1, 0.15) is 11.1 Å². The van der Waals surface area contributed by atoms with Crippen LogP contribution < -0.4 is 24.4 Å². The van der Waals surface area contributed by atoms with Crippen molar-refractivity contribution in [3.63, 3.8) is 0 Å². The van der Waals surface area contributed by atoms with Gasteiger partial charge in [0.25, 0.3) is 0 Å². The molecule has 6 rings (SSSR count). The molecule has 1 amide bonds. The molecule has 2 aromatic rings. The van der Waals surface area contributed by atoms with E-state index in [1.54, 1.807) is 24.3 Å². The van der Waals surface area contributed by atoms with Crippen LogP contribution in [0.25, 0.3) is 0 Å². The molecule has 0 saturated heterocycles. The van der Waals surface area contributed by atoms with Crippen molar-refractivity contribution < 1.29 is 32.2 Å². The normalized spacial score (nSPS) is 22.9. The first kappa shape index (κ1) is 20.0. The minimum Gasteiger partial charge on any atom is -0.491 e. The fourth-order valence-electron chi connectivity index (χ4n) is 5.02. The number of anilines is 1. The maximum Gasteiger partial charge on any atom is 0.416 e. The molecule has 2 aromatic carbocycles. The lowest BCUT2D eigenvalue weighted by Gasteiger charge is -2.27. The molecule has 0 aliphatic carbocycles. The fraction of sp³-hybridized carbons (Fsp3) is 0.292. The number of rotatable bonds is 2. The summed E-state index contributed by atoms with van der Waals surface area (Å²) in [5, 5.41) is 2.83. The number of halogens is 3. The van der Waals surface area contributed by atoms with E-state index in [2.05, 4.69) is 5.32 Å².